The maximum Gasteiger partial charge on any atom is 0.268 e. The van der Waals surface area contributed by atoms with Crippen LogP contribution in [-0.2, 0) is 16.7 Å². The number of benzene rings is 3. The lowest BCUT2D eigenvalue weighted by Gasteiger charge is -2.19. The molecule has 0 saturated carbocycles. The number of hydrogen-bond acceptors (Lipinski definition) is 6. The number of unbranched alkanes of at least 4 members (excludes halogenated alkanes) is 1. The van der Waals surface area contributed by atoms with Crippen molar-refractivity contribution in [3.63, 3.8) is 0 Å². The van der Waals surface area contributed by atoms with Gasteiger partial charge in [0.15, 0.2) is 12.3 Å². The lowest BCUT2D eigenvalue weighted by Crippen LogP contribution is -2.35. The molecule has 5 rings (SSSR count). The van der Waals surface area contributed by atoms with Gasteiger partial charge in [-0.05, 0) is 41.8 Å². The molecule has 0 atom stereocenters. The molecule has 9 heteroatoms. The highest BCUT2D eigenvalue weighted by atomic mass is 35.5. The molecule has 0 fully saturated rings. The SMILES string of the molecule is CCCC[n+]1c(/C=C2\Oc3ccc(-c4ccccc4)cc3N2CCCS(=O)(=O)[O-])sc2ccc(Cl)cc21. The monoisotopic (exact) mass is 554 g/mol. The molecule has 192 valence electrons. The van der Waals surface area contributed by atoms with E-state index in [1.807, 2.05) is 77.7 Å². The summed E-state index contributed by atoms with van der Waals surface area (Å²) in [5, 5.41) is 1.70. The molecule has 1 aromatic heterocycles. The summed E-state index contributed by atoms with van der Waals surface area (Å²) in [6.45, 7) is 3.34. The van der Waals surface area contributed by atoms with Gasteiger partial charge in [-0.2, -0.15) is 4.57 Å². The van der Waals surface area contributed by atoms with E-state index in [1.54, 1.807) is 11.3 Å². The van der Waals surface area contributed by atoms with Crippen molar-refractivity contribution < 1.29 is 22.3 Å². The number of rotatable bonds is 9. The summed E-state index contributed by atoms with van der Waals surface area (Å²) in [5.74, 6) is 0.870. The maximum atomic E-state index is 11.3. The van der Waals surface area contributed by atoms with Crippen LogP contribution < -0.4 is 14.2 Å². The fourth-order valence-corrected chi connectivity index (χ4v) is 6.23. The summed E-state index contributed by atoms with van der Waals surface area (Å²) < 4.78 is 43.6. The second-order valence-corrected chi connectivity index (χ2v) is 12.0. The minimum absolute atomic E-state index is 0.194. The summed E-state index contributed by atoms with van der Waals surface area (Å²) in [4.78, 5) is 1.97. The molecule has 3 aromatic carbocycles. The van der Waals surface area contributed by atoms with E-state index in [1.165, 1.54) is 0 Å². The molecule has 0 aliphatic carbocycles. The first kappa shape index (κ1) is 25.7. The highest BCUT2D eigenvalue weighted by Gasteiger charge is 2.29. The molecule has 37 heavy (non-hydrogen) atoms. The number of aryl methyl sites for hydroxylation is 1. The maximum absolute atomic E-state index is 11.3. The molecule has 0 N–H and O–H groups in total. The summed E-state index contributed by atoms with van der Waals surface area (Å²) >= 11 is 7.97. The van der Waals surface area contributed by atoms with Crippen molar-refractivity contribution in [3.8, 4) is 16.9 Å². The fraction of sp³-hybridized carbons (Fsp3) is 0.250. The average Bonchev–Trinajstić information content (AvgIpc) is 3.39. The van der Waals surface area contributed by atoms with Crippen molar-refractivity contribution in [1.82, 2.24) is 0 Å². The lowest BCUT2D eigenvalue weighted by atomic mass is 10.0. The van der Waals surface area contributed by atoms with Crippen molar-refractivity contribution in [2.24, 2.45) is 0 Å². The molecule has 6 nitrogen and oxygen atoms in total. The van der Waals surface area contributed by atoms with Gasteiger partial charge in [0.25, 0.3) is 5.01 Å². The Morgan fingerprint density at radius 3 is 2.62 bits per heavy atom. The minimum Gasteiger partial charge on any atom is -0.748 e. The van der Waals surface area contributed by atoms with E-state index in [-0.39, 0.29) is 6.42 Å². The molecule has 0 saturated heterocycles. The molecule has 1 aliphatic heterocycles. The van der Waals surface area contributed by atoms with E-state index in [0.717, 1.165) is 51.4 Å². The second kappa shape index (κ2) is 10.8. The van der Waals surface area contributed by atoms with Crippen LogP contribution in [0.15, 0.2) is 72.6 Å². The Labute approximate surface area is 226 Å². The van der Waals surface area contributed by atoms with Gasteiger partial charge in [0.05, 0.1) is 21.9 Å². The predicted octanol–water partition coefficient (Wildman–Crippen LogP) is 6.44. The summed E-state index contributed by atoms with van der Waals surface area (Å²) in [6.07, 6.45) is 4.27. The molecule has 2 heterocycles. The smallest absolute Gasteiger partial charge is 0.268 e. The minimum atomic E-state index is -4.31. The van der Waals surface area contributed by atoms with Crippen LogP contribution in [0.2, 0.25) is 5.02 Å². The zero-order valence-electron chi connectivity index (χ0n) is 20.4. The number of anilines is 1. The average molecular weight is 555 g/mol. The van der Waals surface area contributed by atoms with Gasteiger partial charge in [-0.1, -0.05) is 72.7 Å². The van der Waals surface area contributed by atoms with Gasteiger partial charge in [-0.3, -0.25) is 0 Å². The van der Waals surface area contributed by atoms with Crippen LogP contribution in [0.5, 0.6) is 5.75 Å². The first-order chi connectivity index (χ1) is 17.8. The van der Waals surface area contributed by atoms with Crippen molar-refractivity contribution in [2.75, 3.05) is 17.2 Å². The molecule has 0 amide bonds. The van der Waals surface area contributed by atoms with Gasteiger partial charge in [-0.25, -0.2) is 8.42 Å². The normalized spacial score (nSPS) is 14.4. The van der Waals surface area contributed by atoms with E-state index >= 15 is 0 Å². The van der Waals surface area contributed by atoms with Crippen LogP contribution in [0.3, 0.4) is 0 Å². The topological polar surface area (TPSA) is 73.5 Å². The molecule has 4 aromatic rings. The molecule has 1 aliphatic rings. The first-order valence-corrected chi connectivity index (χ1v) is 15.0. The van der Waals surface area contributed by atoms with Crippen molar-refractivity contribution in [2.45, 2.75) is 32.7 Å². The Bertz CT molecular complexity index is 1570. The number of halogens is 1. The number of ether oxygens (including phenoxy) is 1. The Hall–Kier alpha value is -2.91. The molecular weight excluding hydrogens is 528 g/mol. The third-order valence-electron chi connectivity index (χ3n) is 6.29. The quantitative estimate of drug-likeness (QED) is 0.176. The molecule has 0 bridgehead atoms. The van der Waals surface area contributed by atoms with E-state index in [2.05, 4.69) is 11.5 Å². The number of thiazole rings is 1. The first-order valence-electron chi connectivity index (χ1n) is 12.2. The number of aromatic nitrogens is 1. The van der Waals surface area contributed by atoms with Gasteiger partial charge >= 0.3 is 0 Å². The van der Waals surface area contributed by atoms with Gasteiger partial charge in [0.1, 0.15) is 4.70 Å². The van der Waals surface area contributed by atoms with Gasteiger partial charge in [0.2, 0.25) is 11.4 Å². The molecule has 0 radical (unpaired) electrons. The van der Waals surface area contributed by atoms with E-state index < -0.39 is 15.9 Å². The van der Waals surface area contributed by atoms with Crippen LogP contribution in [0.25, 0.3) is 27.4 Å². The van der Waals surface area contributed by atoms with Gasteiger partial charge in [0, 0.05) is 29.8 Å². The van der Waals surface area contributed by atoms with Gasteiger partial charge in [-0.15, -0.1) is 0 Å². The Kier molecular flexibility index (Phi) is 7.53. The fourth-order valence-electron chi connectivity index (χ4n) is 4.48. The van der Waals surface area contributed by atoms with E-state index in [0.29, 0.717) is 23.2 Å². The zero-order chi connectivity index (χ0) is 26.0. The number of nitrogens with zero attached hydrogens (tertiary/aromatic N) is 2. The van der Waals surface area contributed by atoms with Crippen molar-refractivity contribution in [1.29, 1.82) is 0 Å². The highest BCUT2D eigenvalue weighted by molar-refractivity contribution is 7.85. The van der Waals surface area contributed by atoms with Crippen LogP contribution >= 0.6 is 22.9 Å². The van der Waals surface area contributed by atoms with Crippen molar-refractivity contribution >= 4 is 55.0 Å². The zero-order valence-corrected chi connectivity index (χ0v) is 22.8. The standard InChI is InChI=1S/C28H27ClN2O4S2/c1-2-3-14-31-24-18-22(29)11-13-26(24)36-28(31)19-27-30(15-7-16-37(32,33)34)23-17-21(10-12-25(23)35-27)20-8-5-4-6-9-20/h4-6,8-13,17-19H,2-3,7,14-16H2,1H3. The number of fused-ring (bicyclic) bond motifs is 2. The third-order valence-corrected chi connectivity index (χ3v) is 8.42. The number of hydrogen-bond donors (Lipinski definition) is 0. The third kappa shape index (κ3) is 5.83. The van der Waals surface area contributed by atoms with Crippen LogP contribution in [-0.4, -0.2) is 25.3 Å². The Morgan fingerprint density at radius 2 is 1.86 bits per heavy atom. The van der Waals surface area contributed by atoms with Crippen LogP contribution in [0.4, 0.5) is 5.69 Å². The van der Waals surface area contributed by atoms with Gasteiger partial charge < -0.3 is 14.2 Å². The Balaban J connectivity index is 1.56. The molecular formula is C28H27ClN2O4S2. The lowest BCUT2D eigenvalue weighted by molar-refractivity contribution is -0.669. The van der Waals surface area contributed by atoms with Crippen LogP contribution in [0.1, 0.15) is 31.2 Å². The largest absolute Gasteiger partial charge is 0.748 e. The molecule has 0 unspecified atom stereocenters. The van der Waals surface area contributed by atoms with E-state index in [4.69, 9.17) is 16.3 Å². The Morgan fingerprint density at radius 1 is 1.05 bits per heavy atom. The summed E-state index contributed by atoms with van der Waals surface area (Å²) in [5.41, 5.74) is 4.02. The van der Waals surface area contributed by atoms with E-state index in [9.17, 15) is 13.0 Å². The highest BCUT2D eigenvalue weighted by Crippen LogP contribution is 2.42. The summed E-state index contributed by atoms with van der Waals surface area (Å²) in [7, 11) is -4.31. The predicted molar refractivity (Wildman–Crippen MR) is 149 cm³/mol. The molecule has 0 spiro atoms. The second-order valence-electron chi connectivity index (χ2n) is 8.96. The van der Waals surface area contributed by atoms with Crippen LogP contribution in [0, 0.1) is 0 Å². The summed E-state index contributed by atoms with van der Waals surface area (Å²) in [6, 6.07) is 21.9. The van der Waals surface area contributed by atoms with Crippen molar-refractivity contribution in [3.05, 3.63) is 82.6 Å².